The number of morpholine rings is 1. The predicted octanol–water partition coefficient (Wildman–Crippen LogP) is 3.40. The standard InChI is InChI=1S/C21H24N2O5S/c1-16(2)14-21(24)22-19-15-18(29(25,26)23-10-12-27-13-11-23)8-9-20(19)28-17-6-4-3-5-7-17/h3-9,14-15H,10-13H2,1-2H3,(H,22,24). The number of nitrogens with one attached hydrogen (secondary N) is 1. The second kappa shape index (κ2) is 9.21. The van der Waals surface area contributed by atoms with Gasteiger partial charge in [-0.25, -0.2) is 8.42 Å². The predicted molar refractivity (Wildman–Crippen MR) is 111 cm³/mol. The van der Waals surface area contributed by atoms with Crippen molar-refractivity contribution in [2.45, 2.75) is 18.7 Å². The summed E-state index contributed by atoms with van der Waals surface area (Å²) in [6, 6.07) is 13.5. The number of ether oxygens (including phenoxy) is 2. The maximum absolute atomic E-state index is 13.0. The molecule has 1 aliphatic heterocycles. The molecule has 0 spiro atoms. The highest BCUT2D eigenvalue weighted by molar-refractivity contribution is 7.89. The average molecular weight is 416 g/mol. The topological polar surface area (TPSA) is 84.9 Å². The largest absolute Gasteiger partial charge is 0.455 e. The number of para-hydroxylation sites is 1. The molecular formula is C21H24N2O5S. The number of sulfonamides is 1. The number of nitrogens with zero attached hydrogens (tertiary/aromatic N) is 1. The van der Waals surface area contributed by atoms with Crippen molar-refractivity contribution in [3.63, 3.8) is 0 Å². The van der Waals surface area contributed by atoms with Gasteiger partial charge in [0, 0.05) is 19.2 Å². The molecule has 1 fully saturated rings. The molecule has 0 aliphatic carbocycles. The first-order valence-corrected chi connectivity index (χ1v) is 10.7. The van der Waals surface area contributed by atoms with Crippen LogP contribution in [0.25, 0.3) is 0 Å². The highest BCUT2D eigenvalue weighted by atomic mass is 32.2. The van der Waals surface area contributed by atoms with Crippen molar-refractivity contribution in [2.24, 2.45) is 0 Å². The summed E-state index contributed by atoms with van der Waals surface area (Å²) in [5, 5.41) is 2.73. The van der Waals surface area contributed by atoms with Crippen molar-refractivity contribution < 1.29 is 22.7 Å². The summed E-state index contributed by atoms with van der Waals surface area (Å²) in [5.41, 5.74) is 1.11. The van der Waals surface area contributed by atoms with E-state index >= 15 is 0 Å². The van der Waals surface area contributed by atoms with Gasteiger partial charge in [0.05, 0.1) is 23.8 Å². The van der Waals surface area contributed by atoms with Gasteiger partial charge in [-0.3, -0.25) is 4.79 Å². The van der Waals surface area contributed by atoms with E-state index in [0.29, 0.717) is 37.8 Å². The van der Waals surface area contributed by atoms with Gasteiger partial charge in [-0.05, 0) is 44.2 Å². The molecule has 8 heteroatoms. The number of amides is 1. The fourth-order valence-electron chi connectivity index (χ4n) is 2.84. The number of hydrogen-bond acceptors (Lipinski definition) is 5. The van der Waals surface area contributed by atoms with Crippen LogP contribution in [0.2, 0.25) is 0 Å². The number of carbonyl (C=O) groups excluding carboxylic acids is 1. The summed E-state index contributed by atoms with van der Waals surface area (Å²) in [7, 11) is -3.70. The van der Waals surface area contributed by atoms with E-state index in [0.717, 1.165) is 5.57 Å². The molecule has 1 amide bonds. The SMILES string of the molecule is CC(C)=CC(=O)Nc1cc(S(=O)(=O)N2CCOCC2)ccc1Oc1ccccc1. The van der Waals surface area contributed by atoms with Crippen LogP contribution in [0.5, 0.6) is 11.5 Å². The smallest absolute Gasteiger partial charge is 0.248 e. The number of carbonyl (C=O) groups is 1. The Hall–Kier alpha value is -2.68. The molecular weight excluding hydrogens is 392 g/mol. The molecule has 29 heavy (non-hydrogen) atoms. The van der Waals surface area contributed by atoms with Crippen molar-refractivity contribution in [1.82, 2.24) is 4.31 Å². The molecule has 7 nitrogen and oxygen atoms in total. The zero-order valence-electron chi connectivity index (χ0n) is 16.4. The van der Waals surface area contributed by atoms with Gasteiger partial charge in [-0.2, -0.15) is 4.31 Å². The minimum atomic E-state index is -3.70. The highest BCUT2D eigenvalue weighted by Gasteiger charge is 2.27. The van der Waals surface area contributed by atoms with Crippen LogP contribution in [0.1, 0.15) is 13.8 Å². The van der Waals surface area contributed by atoms with Gasteiger partial charge >= 0.3 is 0 Å². The molecule has 0 saturated carbocycles. The molecule has 0 atom stereocenters. The lowest BCUT2D eigenvalue weighted by molar-refractivity contribution is -0.112. The summed E-state index contributed by atoms with van der Waals surface area (Å²) in [5.74, 6) is 0.575. The molecule has 0 aromatic heterocycles. The van der Waals surface area contributed by atoms with E-state index in [1.54, 1.807) is 32.0 Å². The van der Waals surface area contributed by atoms with E-state index in [9.17, 15) is 13.2 Å². The van der Waals surface area contributed by atoms with Crippen LogP contribution in [0, 0.1) is 0 Å². The number of hydrogen-bond donors (Lipinski definition) is 1. The molecule has 1 N–H and O–H groups in total. The van der Waals surface area contributed by atoms with Crippen LogP contribution in [-0.4, -0.2) is 44.9 Å². The van der Waals surface area contributed by atoms with Crippen LogP contribution in [0.3, 0.4) is 0 Å². The quantitative estimate of drug-likeness (QED) is 0.730. The van der Waals surface area contributed by atoms with Gasteiger partial charge in [-0.1, -0.05) is 23.8 Å². The van der Waals surface area contributed by atoms with E-state index < -0.39 is 10.0 Å². The molecule has 0 bridgehead atoms. The van der Waals surface area contributed by atoms with Crippen molar-refractivity contribution in [1.29, 1.82) is 0 Å². The molecule has 1 heterocycles. The Balaban J connectivity index is 1.96. The highest BCUT2D eigenvalue weighted by Crippen LogP contribution is 2.33. The fourth-order valence-corrected chi connectivity index (χ4v) is 4.27. The third-order valence-corrected chi connectivity index (χ3v) is 6.10. The first-order chi connectivity index (χ1) is 13.9. The van der Waals surface area contributed by atoms with Gasteiger partial charge in [0.25, 0.3) is 0 Å². The van der Waals surface area contributed by atoms with Crippen LogP contribution in [-0.2, 0) is 19.6 Å². The molecule has 0 radical (unpaired) electrons. The summed E-state index contributed by atoms with van der Waals surface area (Å²) in [4.78, 5) is 12.4. The Morgan fingerprint density at radius 2 is 1.79 bits per heavy atom. The minimum absolute atomic E-state index is 0.0901. The summed E-state index contributed by atoms with van der Waals surface area (Å²) in [6.45, 7) is 4.92. The third kappa shape index (κ3) is 5.44. The van der Waals surface area contributed by atoms with Gasteiger partial charge in [0.1, 0.15) is 5.75 Å². The lowest BCUT2D eigenvalue weighted by Crippen LogP contribution is -2.40. The van der Waals surface area contributed by atoms with Crippen molar-refractivity contribution in [3.8, 4) is 11.5 Å². The van der Waals surface area contributed by atoms with E-state index in [4.69, 9.17) is 9.47 Å². The summed E-state index contributed by atoms with van der Waals surface area (Å²) < 4.78 is 38.4. The number of anilines is 1. The second-order valence-electron chi connectivity index (χ2n) is 6.80. The van der Waals surface area contributed by atoms with Gasteiger partial charge < -0.3 is 14.8 Å². The molecule has 1 aliphatic rings. The maximum Gasteiger partial charge on any atom is 0.248 e. The summed E-state index contributed by atoms with van der Waals surface area (Å²) in [6.07, 6.45) is 1.44. The Kier molecular flexibility index (Phi) is 6.68. The Bertz CT molecular complexity index is 993. The zero-order valence-corrected chi connectivity index (χ0v) is 17.2. The van der Waals surface area contributed by atoms with E-state index in [2.05, 4.69) is 5.32 Å². The van der Waals surface area contributed by atoms with Gasteiger partial charge in [-0.15, -0.1) is 0 Å². The first kappa shape index (κ1) is 21.0. The van der Waals surface area contributed by atoms with Crippen LogP contribution in [0.15, 0.2) is 65.1 Å². The second-order valence-corrected chi connectivity index (χ2v) is 8.74. The lowest BCUT2D eigenvalue weighted by Gasteiger charge is -2.26. The molecule has 3 rings (SSSR count). The molecule has 1 saturated heterocycles. The summed E-state index contributed by atoms with van der Waals surface area (Å²) >= 11 is 0. The van der Waals surface area contributed by atoms with Crippen LogP contribution in [0.4, 0.5) is 5.69 Å². The van der Waals surface area contributed by atoms with E-state index in [1.165, 1.54) is 22.5 Å². The van der Waals surface area contributed by atoms with Gasteiger partial charge in [0.15, 0.2) is 5.75 Å². The van der Waals surface area contributed by atoms with E-state index in [-0.39, 0.29) is 16.5 Å². The molecule has 2 aromatic rings. The maximum atomic E-state index is 13.0. The number of rotatable bonds is 6. The molecule has 2 aromatic carbocycles. The normalized spacial score (nSPS) is 14.8. The van der Waals surface area contributed by atoms with Crippen molar-refractivity contribution in [3.05, 3.63) is 60.2 Å². The van der Waals surface area contributed by atoms with Crippen molar-refractivity contribution in [2.75, 3.05) is 31.6 Å². The van der Waals surface area contributed by atoms with Gasteiger partial charge in [0.2, 0.25) is 15.9 Å². The molecule has 0 unspecified atom stereocenters. The first-order valence-electron chi connectivity index (χ1n) is 9.27. The molecule has 154 valence electrons. The Labute approximate surface area is 171 Å². The Morgan fingerprint density at radius 3 is 2.45 bits per heavy atom. The van der Waals surface area contributed by atoms with Crippen molar-refractivity contribution >= 4 is 21.6 Å². The average Bonchev–Trinajstić information content (AvgIpc) is 2.70. The number of benzene rings is 2. The zero-order chi connectivity index (χ0) is 20.9. The van der Waals surface area contributed by atoms with E-state index in [1.807, 2.05) is 18.2 Å². The fraction of sp³-hybridized carbons (Fsp3) is 0.286. The minimum Gasteiger partial charge on any atom is -0.455 e. The number of allylic oxidation sites excluding steroid dienone is 1. The Morgan fingerprint density at radius 1 is 1.10 bits per heavy atom. The van der Waals surface area contributed by atoms with Crippen LogP contribution >= 0.6 is 0 Å². The lowest BCUT2D eigenvalue weighted by atomic mass is 10.2. The third-order valence-electron chi connectivity index (χ3n) is 4.21. The van der Waals surface area contributed by atoms with Crippen LogP contribution < -0.4 is 10.1 Å². The monoisotopic (exact) mass is 416 g/mol.